The molecule has 1 fully saturated rings. The van der Waals surface area contributed by atoms with Gasteiger partial charge in [-0.3, -0.25) is 14.5 Å². The summed E-state index contributed by atoms with van der Waals surface area (Å²) in [5, 5.41) is 5.71. The molecule has 1 unspecified atom stereocenters. The van der Waals surface area contributed by atoms with Crippen LogP contribution in [0.15, 0.2) is 30.5 Å². The number of aryl methyl sites for hydroxylation is 1. The first kappa shape index (κ1) is 16.3. The smallest absolute Gasteiger partial charge is 0.264 e. The molecule has 1 aliphatic rings. The van der Waals surface area contributed by atoms with Crippen molar-refractivity contribution in [2.75, 3.05) is 6.54 Å². The average molecular weight is 354 g/mol. The van der Waals surface area contributed by atoms with Crippen molar-refractivity contribution in [2.45, 2.75) is 38.6 Å². The minimum atomic E-state index is 0.0848. The highest BCUT2D eigenvalue weighted by Gasteiger charge is 2.32. The van der Waals surface area contributed by atoms with E-state index >= 15 is 0 Å². The van der Waals surface area contributed by atoms with E-state index in [1.54, 1.807) is 17.5 Å². The molecule has 3 aromatic heterocycles. The van der Waals surface area contributed by atoms with Crippen LogP contribution in [0.4, 0.5) is 0 Å². The molecule has 0 radical (unpaired) electrons. The summed E-state index contributed by atoms with van der Waals surface area (Å²) in [6.07, 6.45) is 3.81. The van der Waals surface area contributed by atoms with Crippen molar-refractivity contribution in [2.24, 2.45) is 7.05 Å². The zero-order chi connectivity index (χ0) is 17.6. The molecular formula is C19H22N4OS. The van der Waals surface area contributed by atoms with E-state index in [9.17, 15) is 4.79 Å². The van der Waals surface area contributed by atoms with Gasteiger partial charge in [0.1, 0.15) is 4.83 Å². The third-order valence-corrected chi connectivity index (χ3v) is 6.03. The van der Waals surface area contributed by atoms with E-state index < -0.39 is 0 Å². The van der Waals surface area contributed by atoms with Crippen molar-refractivity contribution in [3.63, 3.8) is 0 Å². The van der Waals surface area contributed by atoms with Gasteiger partial charge in [0, 0.05) is 25.2 Å². The fourth-order valence-corrected chi connectivity index (χ4v) is 4.67. The maximum atomic E-state index is 13.2. The number of hydrogen-bond donors (Lipinski definition) is 0. The summed E-state index contributed by atoms with van der Waals surface area (Å²) in [5.74, 6) is 0.457. The van der Waals surface area contributed by atoms with Crippen LogP contribution in [0.2, 0.25) is 0 Å². The van der Waals surface area contributed by atoms with E-state index in [1.807, 2.05) is 40.9 Å². The lowest BCUT2D eigenvalue weighted by Crippen LogP contribution is -2.30. The first-order chi connectivity index (χ1) is 12.1. The molecule has 0 bridgehead atoms. The number of aromatic nitrogens is 3. The Morgan fingerprint density at radius 1 is 1.36 bits per heavy atom. The van der Waals surface area contributed by atoms with Gasteiger partial charge >= 0.3 is 0 Å². The van der Waals surface area contributed by atoms with E-state index in [2.05, 4.69) is 23.9 Å². The zero-order valence-corrected chi connectivity index (χ0v) is 15.6. The molecular weight excluding hydrogens is 332 g/mol. The molecule has 0 aliphatic carbocycles. The summed E-state index contributed by atoms with van der Waals surface area (Å²) in [6.45, 7) is 5.07. The highest BCUT2D eigenvalue weighted by molar-refractivity contribution is 7.20. The highest BCUT2D eigenvalue weighted by Crippen LogP contribution is 2.36. The van der Waals surface area contributed by atoms with Crippen molar-refractivity contribution in [1.29, 1.82) is 0 Å². The van der Waals surface area contributed by atoms with Gasteiger partial charge in [0.2, 0.25) is 0 Å². The normalized spacial score (nSPS) is 17.8. The topological polar surface area (TPSA) is 51.0 Å². The minimum Gasteiger partial charge on any atom is -0.329 e. The van der Waals surface area contributed by atoms with Crippen molar-refractivity contribution in [3.8, 4) is 0 Å². The van der Waals surface area contributed by atoms with E-state index in [1.165, 1.54) is 0 Å². The number of pyridine rings is 1. The van der Waals surface area contributed by atoms with Crippen molar-refractivity contribution in [3.05, 3.63) is 46.7 Å². The van der Waals surface area contributed by atoms with E-state index in [4.69, 9.17) is 0 Å². The molecule has 0 N–H and O–H groups in total. The lowest BCUT2D eigenvalue weighted by atomic mass is 10.1. The lowest BCUT2D eigenvalue weighted by Gasteiger charge is -2.23. The Labute approximate surface area is 151 Å². The lowest BCUT2D eigenvalue weighted by molar-refractivity contribution is 0.0738. The van der Waals surface area contributed by atoms with Crippen LogP contribution in [0, 0.1) is 0 Å². The molecule has 1 saturated heterocycles. The maximum absolute atomic E-state index is 13.2. The molecule has 1 amide bonds. The molecule has 0 spiro atoms. The predicted octanol–water partition coefficient (Wildman–Crippen LogP) is 4.13. The molecule has 1 atom stereocenters. The van der Waals surface area contributed by atoms with Gasteiger partial charge in [-0.05, 0) is 37.0 Å². The van der Waals surface area contributed by atoms with Crippen molar-refractivity contribution >= 4 is 27.5 Å². The Morgan fingerprint density at radius 3 is 2.92 bits per heavy atom. The molecule has 4 rings (SSSR count). The predicted molar refractivity (Wildman–Crippen MR) is 99.9 cm³/mol. The number of thiophene rings is 1. The van der Waals surface area contributed by atoms with Crippen LogP contribution in [0.25, 0.3) is 10.2 Å². The quantitative estimate of drug-likeness (QED) is 0.710. The number of carbonyl (C=O) groups excluding carboxylic acids is 1. The second kappa shape index (κ2) is 6.26. The van der Waals surface area contributed by atoms with E-state index in [-0.39, 0.29) is 11.9 Å². The van der Waals surface area contributed by atoms with Crippen LogP contribution >= 0.6 is 11.3 Å². The Bertz CT molecular complexity index is 912. The summed E-state index contributed by atoms with van der Waals surface area (Å²) in [6, 6.07) is 8.03. The van der Waals surface area contributed by atoms with Crippen LogP contribution in [-0.2, 0) is 7.05 Å². The number of carbonyl (C=O) groups is 1. The summed E-state index contributed by atoms with van der Waals surface area (Å²) in [7, 11) is 1.95. The molecule has 130 valence electrons. The average Bonchev–Trinajstić information content (AvgIpc) is 3.31. The largest absolute Gasteiger partial charge is 0.329 e. The van der Waals surface area contributed by atoms with Gasteiger partial charge in [0.05, 0.1) is 22.3 Å². The van der Waals surface area contributed by atoms with Gasteiger partial charge in [-0.1, -0.05) is 19.9 Å². The number of hydrogen-bond acceptors (Lipinski definition) is 4. The number of amides is 1. The Morgan fingerprint density at radius 2 is 2.20 bits per heavy atom. The fraction of sp³-hybridized carbons (Fsp3) is 0.421. The SMILES string of the molecule is CC(C)c1nn(C)c2sc(C(=O)N3CCCC3c3ccccn3)cc12. The summed E-state index contributed by atoms with van der Waals surface area (Å²) in [4.78, 5) is 21.5. The number of rotatable bonds is 3. The van der Waals surface area contributed by atoms with E-state index in [0.29, 0.717) is 5.92 Å². The van der Waals surface area contributed by atoms with Gasteiger partial charge in [-0.15, -0.1) is 11.3 Å². The first-order valence-corrected chi connectivity index (χ1v) is 9.56. The van der Waals surface area contributed by atoms with Crippen LogP contribution in [0.5, 0.6) is 0 Å². The molecule has 25 heavy (non-hydrogen) atoms. The maximum Gasteiger partial charge on any atom is 0.264 e. The summed E-state index contributed by atoms with van der Waals surface area (Å²) < 4.78 is 1.90. The minimum absolute atomic E-state index is 0.0848. The molecule has 4 heterocycles. The fourth-order valence-electron chi connectivity index (χ4n) is 3.63. The second-order valence-electron chi connectivity index (χ2n) is 6.90. The van der Waals surface area contributed by atoms with Gasteiger partial charge in [0.25, 0.3) is 5.91 Å². The second-order valence-corrected chi connectivity index (χ2v) is 7.93. The summed E-state index contributed by atoms with van der Waals surface area (Å²) in [5.41, 5.74) is 2.05. The van der Waals surface area contributed by atoms with Gasteiger partial charge in [-0.25, -0.2) is 0 Å². The van der Waals surface area contributed by atoms with E-state index in [0.717, 1.165) is 45.9 Å². The summed E-state index contributed by atoms with van der Waals surface area (Å²) >= 11 is 1.54. The van der Waals surface area contributed by atoms with Crippen molar-refractivity contribution in [1.82, 2.24) is 19.7 Å². The number of nitrogens with zero attached hydrogens (tertiary/aromatic N) is 4. The number of likely N-dealkylation sites (tertiary alicyclic amines) is 1. The van der Waals surface area contributed by atoms with Gasteiger partial charge < -0.3 is 4.90 Å². The van der Waals surface area contributed by atoms with Crippen LogP contribution in [0.3, 0.4) is 0 Å². The molecule has 3 aromatic rings. The number of fused-ring (bicyclic) bond motifs is 1. The first-order valence-electron chi connectivity index (χ1n) is 8.74. The molecule has 0 aromatic carbocycles. The third kappa shape index (κ3) is 2.74. The van der Waals surface area contributed by atoms with Crippen molar-refractivity contribution < 1.29 is 4.79 Å². The Kier molecular flexibility index (Phi) is 4.07. The molecule has 6 heteroatoms. The zero-order valence-electron chi connectivity index (χ0n) is 14.8. The van der Waals surface area contributed by atoms with Crippen LogP contribution in [0.1, 0.15) is 59.7 Å². The Hall–Kier alpha value is -2.21. The third-order valence-electron chi connectivity index (χ3n) is 4.84. The Balaban J connectivity index is 1.68. The van der Waals surface area contributed by atoms with Crippen LogP contribution in [-0.4, -0.2) is 32.1 Å². The molecule has 5 nitrogen and oxygen atoms in total. The molecule has 0 saturated carbocycles. The van der Waals surface area contributed by atoms with Gasteiger partial charge in [-0.2, -0.15) is 5.10 Å². The molecule has 1 aliphatic heterocycles. The monoisotopic (exact) mass is 354 g/mol. The standard InChI is InChI=1S/C19H22N4OS/c1-12(2)17-13-11-16(25-19(13)22(3)21-17)18(24)23-10-6-8-15(23)14-7-4-5-9-20-14/h4-5,7,9,11-12,15H,6,8,10H2,1-3H3. The van der Waals surface area contributed by atoms with Crippen LogP contribution < -0.4 is 0 Å². The van der Waals surface area contributed by atoms with Gasteiger partial charge in [0.15, 0.2) is 0 Å². The highest BCUT2D eigenvalue weighted by atomic mass is 32.1.